The van der Waals surface area contributed by atoms with Crippen LogP contribution in [0.1, 0.15) is 34.2 Å². The van der Waals surface area contributed by atoms with Crippen LogP contribution in [0.5, 0.6) is 0 Å². The smallest absolute Gasteiger partial charge is 0.338 e. The van der Waals surface area contributed by atoms with Crippen LogP contribution in [0.25, 0.3) is 0 Å². The molecule has 1 N–H and O–H groups in total. The van der Waals surface area contributed by atoms with E-state index in [9.17, 15) is 9.90 Å². The van der Waals surface area contributed by atoms with Gasteiger partial charge in [0.2, 0.25) is 0 Å². The number of aromatic carboxylic acids is 1. The summed E-state index contributed by atoms with van der Waals surface area (Å²) in [4.78, 5) is 24.0. The molecule has 0 aliphatic rings. The molecule has 6 heteroatoms. The van der Waals surface area contributed by atoms with Crippen LogP contribution in [0.15, 0.2) is 28.5 Å². The van der Waals surface area contributed by atoms with Gasteiger partial charge in [0.05, 0.1) is 5.56 Å². The molecule has 0 aliphatic carbocycles. The van der Waals surface area contributed by atoms with E-state index in [2.05, 4.69) is 15.0 Å². The zero-order valence-electron chi connectivity index (χ0n) is 11.5. The van der Waals surface area contributed by atoms with Crippen LogP contribution in [0, 0.1) is 13.8 Å². The van der Waals surface area contributed by atoms with Gasteiger partial charge < -0.3 is 5.11 Å². The number of hydrogen-bond acceptors (Lipinski definition) is 5. The first-order valence-corrected chi connectivity index (χ1v) is 7.03. The standard InChI is InChI=1S/C14H15N3O2S/c1-4-10-6-11(16-7-15-10)20-13-12(14(18)19)8(2)5-9(3)17-13/h5-7H,4H2,1-3H3,(H,18,19). The fourth-order valence-electron chi connectivity index (χ4n) is 1.86. The van der Waals surface area contributed by atoms with Crippen LogP contribution in [0.2, 0.25) is 0 Å². The maximum atomic E-state index is 11.4. The van der Waals surface area contributed by atoms with Gasteiger partial charge in [0.15, 0.2) is 0 Å². The Labute approximate surface area is 121 Å². The van der Waals surface area contributed by atoms with Gasteiger partial charge in [0.25, 0.3) is 0 Å². The molecule has 0 saturated carbocycles. The van der Waals surface area contributed by atoms with Gasteiger partial charge in [-0.2, -0.15) is 0 Å². The van der Waals surface area contributed by atoms with E-state index in [1.54, 1.807) is 13.0 Å². The van der Waals surface area contributed by atoms with Crippen LogP contribution in [0.4, 0.5) is 0 Å². The van der Waals surface area contributed by atoms with E-state index in [-0.39, 0.29) is 5.56 Å². The highest BCUT2D eigenvalue weighted by Crippen LogP contribution is 2.29. The number of carboxylic acid groups (broad SMARTS) is 1. The Balaban J connectivity index is 2.44. The van der Waals surface area contributed by atoms with Crippen LogP contribution >= 0.6 is 11.8 Å². The van der Waals surface area contributed by atoms with Crippen molar-refractivity contribution in [3.05, 3.63) is 41.0 Å². The number of nitrogens with zero attached hydrogens (tertiary/aromatic N) is 3. The van der Waals surface area contributed by atoms with Crippen molar-refractivity contribution in [1.29, 1.82) is 0 Å². The van der Waals surface area contributed by atoms with E-state index in [1.807, 2.05) is 19.9 Å². The lowest BCUT2D eigenvalue weighted by atomic mass is 10.1. The predicted octanol–water partition coefficient (Wildman–Crippen LogP) is 2.90. The molecule has 0 radical (unpaired) electrons. The number of carboxylic acids is 1. The average molecular weight is 289 g/mol. The number of rotatable bonds is 4. The molecule has 2 aromatic rings. The second kappa shape index (κ2) is 6.00. The zero-order valence-corrected chi connectivity index (χ0v) is 12.4. The maximum absolute atomic E-state index is 11.4. The summed E-state index contributed by atoms with van der Waals surface area (Å²) in [5, 5.41) is 10.5. The predicted molar refractivity (Wildman–Crippen MR) is 76.2 cm³/mol. The quantitative estimate of drug-likeness (QED) is 0.872. The van der Waals surface area contributed by atoms with E-state index >= 15 is 0 Å². The highest BCUT2D eigenvalue weighted by Gasteiger charge is 2.17. The molecule has 0 aromatic carbocycles. The van der Waals surface area contributed by atoms with Crippen molar-refractivity contribution in [3.63, 3.8) is 0 Å². The molecule has 0 amide bonds. The molecule has 5 nitrogen and oxygen atoms in total. The van der Waals surface area contributed by atoms with Crippen LogP contribution in [0.3, 0.4) is 0 Å². The monoisotopic (exact) mass is 289 g/mol. The molecule has 0 saturated heterocycles. The molecule has 2 rings (SSSR count). The fraction of sp³-hybridized carbons (Fsp3) is 0.286. The van der Waals surface area contributed by atoms with Crippen molar-refractivity contribution in [2.75, 3.05) is 0 Å². The third-order valence-electron chi connectivity index (χ3n) is 2.79. The highest BCUT2D eigenvalue weighted by molar-refractivity contribution is 7.99. The molecule has 0 spiro atoms. The van der Waals surface area contributed by atoms with Gasteiger partial charge in [-0.15, -0.1) is 0 Å². The van der Waals surface area contributed by atoms with E-state index in [0.29, 0.717) is 15.6 Å². The van der Waals surface area contributed by atoms with Crippen LogP contribution in [-0.2, 0) is 6.42 Å². The maximum Gasteiger partial charge on any atom is 0.338 e. The Morgan fingerprint density at radius 3 is 2.70 bits per heavy atom. The molecule has 0 fully saturated rings. The summed E-state index contributed by atoms with van der Waals surface area (Å²) in [6.07, 6.45) is 2.30. The number of pyridine rings is 1. The highest BCUT2D eigenvalue weighted by atomic mass is 32.2. The molecule has 0 aliphatic heterocycles. The van der Waals surface area contributed by atoms with Crippen molar-refractivity contribution in [2.45, 2.75) is 37.2 Å². The molecular formula is C14H15N3O2S. The summed E-state index contributed by atoms with van der Waals surface area (Å²) in [7, 11) is 0. The van der Waals surface area contributed by atoms with Gasteiger partial charge in [-0.1, -0.05) is 6.92 Å². The minimum atomic E-state index is -0.970. The van der Waals surface area contributed by atoms with Crippen molar-refractivity contribution < 1.29 is 9.90 Å². The van der Waals surface area contributed by atoms with Crippen LogP contribution in [-0.4, -0.2) is 26.0 Å². The molecule has 0 bridgehead atoms. The first-order valence-electron chi connectivity index (χ1n) is 6.21. The summed E-state index contributed by atoms with van der Waals surface area (Å²) in [5.74, 6) is -0.970. The minimum Gasteiger partial charge on any atom is -0.478 e. The first kappa shape index (κ1) is 14.5. The van der Waals surface area contributed by atoms with Gasteiger partial charge in [0.1, 0.15) is 16.4 Å². The summed E-state index contributed by atoms with van der Waals surface area (Å²) < 4.78 is 0. The number of aryl methyl sites for hydroxylation is 3. The molecule has 0 unspecified atom stereocenters. The summed E-state index contributed by atoms with van der Waals surface area (Å²) >= 11 is 1.26. The lowest BCUT2D eigenvalue weighted by molar-refractivity contribution is 0.0691. The second-order valence-corrected chi connectivity index (χ2v) is 5.38. The lowest BCUT2D eigenvalue weighted by Crippen LogP contribution is -2.05. The van der Waals surface area contributed by atoms with Crippen molar-refractivity contribution in [2.24, 2.45) is 0 Å². The van der Waals surface area contributed by atoms with Crippen molar-refractivity contribution >= 4 is 17.7 Å². The van der Waals surface area contributed by atoms with Gasteiger partial charge in [-0.3, -0.25) is 0 Å². The third-order valence-corrected chi connectivity index (χ3v) is 3.71. The minimum absolute atomic E-state index is 0.234. The SMILES string of the molecule is CCc1cc(Sc2nc(C)cc(C)c2C(=O)O)ncn1. The normalized spacial score (nSPS) is 10.6. The largest absolute Gasteiger partial charge is 0.478 e. The van der Waals surface area contributed by atoms with E-state index < -0.39 is 5.97 Å². The van der Waals surface area contributed by atoms with Gasteiger partial charge in [0, 0.05) is 11.4 Å². The second-order valence-electron chi connectivity index (χ2n) is 4.37. The van der Waals surface area contributed by atoms with E-state index in [1.165, 1.54) is 18.1 Å². The average Bonchev–Trinajstić information content (AvgIpc) is 2.37. The van der Waals surface area contributed by atoms with Gasteiger partial charge >= 0.3 is 5.97 Å². The van der Waals surface area contributed by atoms with Crippen molar-refractivity contribution in [1.82, 2.24) is 15.0 Å². The van der Waals surface area contributed by atoms with E-state index in [4.69, 9.17) is 0 Å². The Hall–Kier alpha value is -1.95. The topological polar surface area (TPSA) is 76.0 Å². The number of carbonyl (C=O) groups is 1. The van der Waals surface area contributed by atoms with Gasteiger partial charge in [-0.05, 0) is 49.7 Å². The summed E-state index contributed by atoms with van der Waals surface area (Å²) in [5.41, 5.74) is 2.65. The Morgan fingerprint density at radius 1 is 1.30 bits per heavy atom. The molecular weight excluding hydrogens is 274 g/mol. The lowest BCUT2D eigenvalue weighted by Gasteiger charge is -2.09. The number of aromatic nitrogens is 3. The molecule has 2 heterocycles. The van der Waals surface area contributed by atoms with Crippen molar-refractivity contribution in [3.8, 4) is 0 Å². The fourth-order valence-corrected chi connectivity index (χ4v) is 2.89. The summed E-state index contributed by atoms with van der Waals surface area (Å²) in [6.45, 7) is 5.63. The first-order chi connectivity index (χ1) is 9.51. The molecule has 2 aromatic heterocycles. The van der Waals surface area contributed by atoms with E-state index in [0.717, 1.165) is 17.8 Å². The third kappa shape index (κ3) is 3.14. The Kier molecular flexibility index (Phi) is 4.34. The summed E-state index contributed by atoms with van der Waals surface area (Å²) in [6, 6.07) is 3.63. The molecule has 20 heavy (non-hydrogen) atoms. The molecule has 0 atom stereocenters. The zero-order chi connectivity index (χ0) is 14.7. The molecule has 104 valence electrons. The van der Waals surface area contributed by atoms with Crippen LogP contribution < -0.4 is 0 Å². The Morgan fingerprint density at radius 2 is 2.05 bits per heavy atom. The van der Waals surface area contributed by atoms with Gasteiger partial charge in [-0.25, -0.2) is 19.7 Å². The number of hydrogen-bond donors (Lipinski definition) is 1. The Bertz CT molecular complexity index is 659.